The first-order chi connectivity index (χ1) is 27.0. The van der Waals surface area contributed by atoms with E-state index in [1.165, 1.54) is 11.1 Å². The van der Waals surface area contributed by atoms with Crippen LogP contribution in [-0.4, -0.2) is 114 Å². The van der Waals surface area contributed by atoms with E-state index in [9.17, 15) is 13.2 Å². The van der Waals surface area contributed by atoms with Crippen LogP contribution in [0.5, 0.6) is 5.75 Å². The number of amides is 1. The molecule has 2 aliphatic carbocycles. The lowest BCUT2D eigenvalue weighted by atomic mass is 9.64. The summed E-state index contributed by atoms with van der Waals surface area (Å²) in [6.07, 6.45) is 10.3. The monoisotopic (exact) mass is 804 g/mol. The highest BCUT2D eigenvalue weighted by molar-refractivity contribution is 7.90. The lowest BCUT2D eigenvalue weighted by molar-refractivity contribution is -0.0441. The smallest absolute Gasteiger partial charge is 0.264 e. The number of aryl methyl sites for hydroxylation is 1. The van der Waals surface area contributed by atoms with Gasteiger partial charge in [-0.05, 0) is 105 Å². The van der Waals surface area contributed by atoms with Crippen molar-refractivity contribution in [3.8, 4) is 17.6 Å². The molecule has 4 aliphatic heterocycles. The number of hydrogen-bond acceptors (Lipinski definition) is 9. The second-order valence-corrected chi connectivity index (χ2v) is 19.6. The molecule has 2 bridgehead atoms. The molecule has 1 N–H and O–H groups in total. The van der Waals surface area contributed by atoms with Crippen molar-refractivity contribution in [2.45, 2.75) is 81.1 Å². The number of nitrogens with zero attached hydrogens (tertiary/aromatic N) is 3. The van der Waals surface area contributed by atoms with Crippen LogP contribution in [0.1, 0.15) is 73.9 Å². The molecule has 1 saturated carbocycles. The molecule has 12 heteroatoms. The predicted octanol–water partition coefficient (Wildman–Crippen LogP) is 5.68. The standard InChI is InChI=1S/C44H57ClN4O6S/c1-31-8-6-18-44(53-3,17-4-5-19-47-20-21-48-22-23-54-28-37(48)27-47)39-13-10-35(39)26-49-29-43(16-7-9-33-24-36(45)12-14-38(33)43)30-55-41-15-11-34(25-40(41)49)42(50)46-56(51,52)32(31)2/h6,11-12,14-15,18,24-25,31-32,35,37,39H,5,7-10,13,16,19-23,26-30H2,1-3H3,(H,46,50)/b18-6-/t31-,32+,35-,37-,39+,43-,44-/m0/s1. The van der Waals surface area contributed by atoms with Crippen LogP contribution < -0.4 is 14.4 Å². The number of morpholine rings is 1. The second-order valence-electron chi connectivity index (χ2n) is 17.1. The Hall–Kier alpha value is -3.11. The Morgan fingerprint density at radius 1 is 1.09 bits per heavy atom. The number of benzene rings is 2. The molecule has 4 heterocycles. The van der Waals surface area contributed by atoms with Gasteiger partial charge in [0.25, 0.3) is 5.91 Å². The van der Waals surface area contributed by atoms with Crippen molar-refractivity contribution in [1.82, 2.24) is 14.5 Å². The van der Waals surface area contributed by atoms with Gasteiger partial charge in [0, 0.05) is 87.3 Å². The highest BCUT2D eigenvalue weighted by Gasteiger charge is 2.49. The summed E-state index contributed by atoms with van der Waals surface area (Å²) in [5.41, 5.74) is 2.50. The molecular formula is C44H57ClN4O6S. The minimum absolute atomic E-state index is 0.121. The molecule has 2 aromatic rings. The van der Waals surface area contributed by atoms with Gasteiger partial charge in [-0.3, -0.25) is 14.6 Å². The topological polar surface area (TPSA) is 101 Å². The molecule has 0 radical (unpaired) electrons. The van der Waals surface area contributed by atoms with Gasteiger partial charge in [0.05, 0.1) is 30.8 Å². The third kappa shape index (κ3) is 7.87. The predicted molar refractivity (Wildman–Crippen MR) is 220 cm³/mol. The molecule has 2 aromatic carbocycles. The van der Waals surface area contributed by atoms with Crippen molar-refractivity contribution in [2.24, 2.45) is 17.8 Å². The molecule has 10 nitrogen and oxygen atoms in total. The average Bonchev–Trinajstić information content (AvgIpc) is 3.33. The number of carbonyl (C=O) groups is 1. The van der Waals surface area contributed by atoms with Gasteiger partial charge in [-0.15, -0.1) is 0 Å². The van der Waals surface area contributed by atoms with Gasteiger partial charge >= 0.3 is 0 Å². The van der Waals surface area contributed by atoms with Gasteiger partial charge in [-0.2, -0.15) is 0 Å². The maximum atomic E-state index is 13.7. The normalized spacial score (nSPS) is 33.9. The summed E-state index contributed by atoms with van der Waals surface area (Å²) in [5, 5.41) is -0.0689. The number of nitrogens with one attached hydrogen (secondary N) is 1. The number of sulfonamides is 1. The largest absolute Gasteiger partial charge is 0.490 e. The summed E-state index contributed by atoms with van der Waals surface area (Å²) in [4.78, 5) is 21.1. The Morgan fingerprint density at radius 2 is 1.96 bits per heavy atom. The van der Waals surface area contributed by atoms with Crippen molar-refractivity contribution < 1.29 is 27.4 Å². The number of halogens is 1. The van der Waals surface area contributed by atoms with Crippen molar-refractivity contribution in [3.63, 3.8) is 0 Å². The number of carbonyl (C=O) groups excluding carboxylic acids is 1. The molecule has 302 valence electrons. The maximum Gasteiger partial charge on any atom is 0.264 e. The Balaban J connectivity index is 1.13. The van der Waals surface area contributed by atoms with Crippen LogP contribution in [0.4, 0.5) is 5.69 Å². The molecule has 7 atom stereocenters. The number of piperazine rings is 1. The quantitative estimate of drug-likeness (QED) is 0.311. The van der Waals surface area contributed by atoms with E-state index in [-0.39, 0.29) is 23.2 Å². The highest BCUT2D eigenvalue weighted by atomic mass is 35.5. The maximum absolute atomic E-state index is 13.7. The first kappa shape index (κ1) is 39.7. The number of methoxy groups -OCH3 is 1. The molecule has 56 heavy (non-hydrogen) atoms. The van der Waals surface area contributed by atoms with E-state index in [0.29, 0.717) is 36.9 Å². The minimum atomic E-state index is -3.98. The van der Waals surface area contributed by atoms with Crippen molar-refractivity contribution in [2.75, 3.05) is 77.6 Å². The number of ether oxygens (including phenoxy) is 3. The fourth-order valence-corrected chi connectivity index (χ4v) is 11.6. The van der Waals surface area contributed by atoms with E-state index in [4.69, 9.17) is 25.8 Å². The lowest BCUT2D eigenvalue weighted by Gasteiger charge is -2.48. The fourth-order valence-electron chi connectivity index (χ4n) is 10.1. The number of hydrogen-bond donors (Lipinski definition) is 1. The summed E-state index contributed by atoms with van der Waals surface area (Å²) in [6.45, 7) is 12.1. The van der Waals surface area contributed by atoms with Crippen LogP contribution >= 0.6 is 11.6 Å². The van der Waals surface area contributed by atoms with Gasteiger partial charge < -0.3 is 19.1 Å². The highest BCUT2D eigenvalue weighted by Crippen LogP contribution is 2.49. The third-order valence-electron chi connectivity index (χ3n) is 13.8. The summed E-state index contributed by atoms with van der Waals surface area (Å²) in [7, 11) is -2.21. The molecule has 8 rings (SSSR count). The van der Waals surface area contributed by atoms with Gasteiger partial charge in [-0.25, -0.2) is 13.1 Å². The minimum Gasteiger partial charge on any atom is -0.490 e. The van der Waals surface area contributed by atoms with Crippen LogP contribution in [0.15, 0.2) is 48.6 Å². The Labute approximate surface area is 338 Å². The molecule has 1 spiro atoms. The van der Waals surface area contributed by atoms with Crippen LogP contribution in [0, 0.1) is 29.6 Å². The zero-order valence-corrected chi connectivity index (χ0v) is 34.7. The number of allylic oxidation sites excluding steroid dienone is 1. The molecule has 2 saturated heterocycles. The van der Waals surface area contributed by atoms with E-state index < -0.39 is 26.8 Å². The average molecular weight is 805 g/mol. The fraction of sp³-hybridized carbons (Fsp3) is 0.614. The molecule has 1 amide bonds. The zero-order valence-electron chi connectivity index (χ0n) is 33.1. The lowest BCUT2D eigenvalue weighted by Crippen LogP contribution is -2.58. The Bertz CT molecular complexity index is 2000. The van der Waals surface area contributed by atoms with E-state index in [0.717, 1.165) is 102 Å². The van der Waals surface area contributed by atoms with Crippen LogP contribution in [0.25, 0.3) is 0 Å². The Kier molecular flexibility index (Phi) is 11.5. The molecule has 0 aromatic heterocycles. The van der Waals surface area contributed by atoms with Crippen LogP contribution in [0.2, 0.25) is 5.02 Å². The second kappa shape index (κ2) is 16.3. The first-order valence-electron chi connectivity index (χ1n) is 20.6. The van der Waals surface area contributed by atoms with Gasteiger partial charge in [-0.1, -0.05) is 42.5 Å². The van der Waals surface area contributed by atoms with E-state index >= 15 is 0 Å². The molecule has 0 unspecified atom stereocenters. The summed E-state index contributed by atoms with van der Waals surface area (Å²) in [6, 6.07) is 12.0. The summed E-state index contributed by atoms with van der Waals surface area (Å²) in [5.74, 6) is 7.41. The molecule has 6 aliphatic rings. The summed E-state index contributed by atoms with van der Waals surface area (Å²) < 4.78 is 48.6. The van der Waals surface area contributed by atoms with Crippen LogP contribution in [0.3, 0.4) is 0 Å². The van der Waals surface area contributed by atoms with Gasteiger partial charge in [0.2, 0.25) is 10.0 Å². The number of anilines is 1. The zero-order chi connectivity index (χ0) is 39.1. The number of fused-ring (bicyclic) bond motifs is 5. The van der Waals surface area contributed by atoms with E-state index in [2.05, 4.69) is 55.5 Å². The van der Waals surface area contributed by atoms with Crippen LogP contribution in [-0.2, 0) is 31.3 Å². The number of rotatable bonds is 3. The molecular weight excluding hydrogens is 748 g/mol. The van der Waals surface area contributed by atoms with E-state index in [1.54, 1.807) is 20.1 Å². The van der Waals surface area contributed by atoms with Crippen molar-refractivity contribution in [1.29, 1.82) is 0 Å². The van der Waals surface area contributed by atoms with Gasteiger partial charge in [0.15, 0.2) is 0 Å². The SMILES string of the molecule is CO[C@@]1(C#CCCN2CCN3CCOC[C@@H]3C2)/C=C\C[C@H](C)[C@@H](C)S(=O)(=O)NC(=O)c2ccc3c(c2)N(C[C@@H]2CC[C@H]21)C[C@@]1(CCCc2cc(Cl)ccc21)CO3. The van der Waals surface area contributed by atoms with Gasteiger partial charge in [0.1, 0.15) is 11.4 Å². The summed E-state index contributed by atoms with van der Waals surface area (Å²) >= 11 is 6.51. The Morgan fingerprint density at radius 3 is 2.79 bits per heavy atom. The van der Waals surface area contributed by atoms with Crippen molar-refractivity contribution in [3.05, 3.63) is 70.3 Å². The van der Waals surface area contributed by atoms with E-state index in [1.807, 2.05) is 25.1 Å². The first-order valence-corrected chi connectivity index (χ1v) is 22.6. The third-order valence-corrected chi connectivity index (χ3v) is 16.0. The van der Waals surface area contributed by atoms with Crippen molar-refractivity contribution >= 4 is 33.2 Å². The molecule has 3 fully saturated rings.